The van der Waals surface area contributed by atoms with Crippen molar-refractivity contribution in [1.29, 1.82) is 0 Å². The molecule has 31 heavy (non-hydrogen) atoms. The van der Waals surface area contributed by atoms with Crippen LogP contribution in [0.5, 0.6) is 11.5 Å². The summed E-state index contributed by atoms with van der Waals surface area (Å²) in [5.74, 6) is -1.01. The van der Waals surface area contributed by atoms with Gasteiger partial charge in [0.05, 0.1) is 17.7 Å². The third-order valence-corrected chi connectivity index (χ3v) is 4.28. The number of methoxy groups -OCH3 is 1. The number of hydrogen-bond acceptors (Lipinski definition) is 7. The Balaban J connectivity index is 2.04. The fourth-order valence-electron chi connectivity index (χ4n) is 2.83. The zero-order chi connectivity index (χ0) is 22.5. The molecule has 2 aromatic carbocycles. The van der Waals surface area contributed by atoms with Crippen LogP contribution in [0.4, 0.5) is 16.2 Å². The van der Waals surface area contributed by atoms with E-state index in [4.69, 9.17) is 9.47 Å². The number of amides is 4. The van der Waals surface area contributed by atoms with Crippen molar-refractivity contribution >= 4 is 35.3 Å². The summed E-state index contributed by atoms with van der Waals surface area (Å²) in [6.45, 7) is 3.75. The summed E-state index contributed by atoms with van der Waals surface area (Å²) in [6, 6.07) is 8.73. The van der Waals surface area contributed by atoms with Crippen molar-refractivity contribution in [2.45, 2.75) is 0 Å². The van der Waals surface area contributed by atoms with Crippen molar-refractivity contribution < 1.29 is 28.8 Å². The molecule has 1 aliphatic heterocycles. The van der Waals surface area contributed by atoms with Crippen molar-refractivity contribution in [3.63, 3.8) is 0 Å². The van der Waals surface area contributed by atoms with E-state index in [2.05, 4.69) is 11.9 Å². The molecule has 1 fully saturated rings. The van der Waals surface area contributed by atoms with Crippen LogP contribution in [-0.2, 0) is 9.59 Å². The second kappa shape index (κ2) is 8.91. The number of nitro groups is 1. The number of urea groups is 1. The number of hydrogen-bond donors (Lipinski definition) is 1. The average Bonchev–Trinajstić information content (AvgIpc) is 2.75. The maximum absolute atomic E-state index is 13.0. The second-order valence-corrected chi connectivity index (χ2v) is 6.24. The van der Waals surface area contributed by atoms with Crippen molar-refractivity contribution in [3.8, 4) is 11.5 Å². The Morgan fingerprint density at radius 2 is 1.97 bits per heavy atom. The highest BCUT2D eigenvalue weighted by Crippen LogP contribution is 2.29. The lowest BCUT2D eigenvalue weighted by atomic mass is 10.1. The minimum Gasteiger partial charge on any atom is -0.497 e. The van der Waals surface area contributed by atoms with E-state index in [1.54, 1.807) is 18.2 Å². The van der Waals surface area contributed by atoms with Gasteiger partial charge in [0.25, 0.3) is 17.5 Å². The SMILES string of the molecule is C=CCOc1cc(OC)ccc1/C=C1\C(=O)NC(=O)N(c2cccc([N+](=O)[O-])c2)C1=O. The smallest absolute Gasteiger partial charge is 0.335 e. The molecule has 1 saturated heterocycles. The van der Waals surface area contributed by atoms with Gasteiger partial charge in [-0.1, -0.05) is 18.7 Å². The Morgan fingerprint density at radius 1 is 1.19 bits per heavy atom. The Morgan fingerprint density at radius 3 is 2.65 bits per heavy atom. The van der Waals surface area contributed by atoms with Crippen molar-refractivity contribution in [2.24, 2.45) is 0 Å². The molecule has 0 aromatic heterocycles. The third-order valence-electron chi connectivity index (χ3n) is 4.28. The predicted molar refractivity (Wildman–Crippen MR) is 111 cm³/mol. The topological polar surface area (TPSA) is 128 Å². The number of benzene rings is 2. The third kappa shape index (κ3) is 4.42. The number of nitro benzene ring substituents is 1. The Kier molecular flexibility index (Phi) is 6.10. The number of ether oxygens (including phenoxy) is 2. The van der Waals surface area contributed by atoms with Gasteiger partial charge in [-0.15, -0.1) is 0 Å². The van der Waals surface area contributed by atoms with Crippen LogP contribution >= 0.6 is 0 Å². The molecule has 0 atom stereocenters. The first-order valence-corrected chi connectivity index (χ1v) is 8.93. The molecule has 1 aliphatic rings. The van der Waals surface area contributed by atoms with Crippen LogP contribution in [0.25, 0.3) is 6.08 Å². The molecule has 2 aromatic rings. The number of nitrogens with zero attached hydrogens (tertiary/aromatic N) is 2. The number of nitrogens with one attached hydrogen (secondary N) is 1. The van der Waals surface area contributed by atoms with Crippen molar-refractivity contribution in [2.75, 3.05) is 18.6 Å². The summed E-state index contributed by atoms with van der Waals surface area (Å²) in [5, 5.41) is 13.1. The first-order valence-electron chi connectivity index (χ1n) is 8.93. The first-order chi connectivity index (χ1) is 14.8. The Hall–Kier alpha value is -4.47. The van der Waals surface area contributed by atoms with Crippen LogP contribution in [0.2, 0.25) is 0 Å². The summed E-state index contributed by atoms with van der Waals surface area (Å²) in [7, 11) is 1.48. The highest BCUT2D eigenvalue weighted by molar-refractivity contribution is 6.39. The van der Waals surface area contributed by atoms with Crippen LogP contribution in [0.15, 0.2) is 60.7 Å². The number of rotatable bonds is 7. The van der Waals surface area contributed by atoms with Gasteiger partial charge in [0, 0.05) is 23.8 Å². The lowest BCUT2D eigenvalue weighted by Crippen LogP contribution is -2.54. The minimum atomic E-state index is -1.01. The van der Waals surface area contributed by atoms with Gasteiger partial charge < -0.3 is 9.47 Å². The molecule has 3 rings (SSSR count). The zero-order valence-electron chi connectivity index (χ0n) is 16.4. The lowest BCUT2D eigenvalue weighted by molar-refractivity contribution is -0.384. The lowest BCUT2D eigenvalue weighted by Gasteiger charge is -2.26. The summed E-state index contributed by atoms with van der Waals surface area (Å²) in [4.78, 5) is 48.7. The monoisotopic (exact) mass is 423 g/mol. The number of non-ortho nitro benzene ring substituents is 1. The molecule has 1 N–H and O–H groups in total. The molecular formula is C21H17N3O7. The molecule has 10 nitrogen and oxygen atoms in total. The molecule has 0 saturated carbocycles. The fraction of sp³-hybridized carbons (Fsp3) is 0.0952. The van der Waals surface area contributed by atoms with E-state index in [0.717, 1.165) is 6.07 Å². The number of carbonyl (C=O) groups excluding carboxylic acids is 3. The standard InChI is InChI=1S/C21H17N3O7/c1-3-9-31-18-12-16(30-2)8-7-13(18)10-17-19(25)22-21(27)23(20(17)26)14-5-4-6-15(11-14)24(28)29/h3-8,10-12H,1,9H2,2H3,(H,22,25,27)/b17-10+. The van der Waals surface area contributed by atoms with E-state index in [0.29, 0.717) is 22.0 Å². The van der Waals surface area contributed by atoms with E-state index >= 15 is 0 Å². The van der Waals surface area contributed by atoms with Gasteiger partial charge in [0.1, 0.15) is 23.7 Å². The summed E-state index contributed by atoms with van der Waals surface area (Å²) >= 11 is 0. The highest BCUT2D eigenvalue weighted by atomic mass is 16.6. The average molecular weight is 423 g/mol. The molecule has 0 radical (unpaired) electrons. The molecule has 0 bridgehead atoms. The normalized spacial score (nSPS) is 14.9. The van der Waals surface area contributed by atoms with Gasteiger partial charge in [-0.25, -0.2) is 9.69 Å². The van der Waals surface area contributed by atoms with Crippen LogP contribution in [0.3, 0.4) is 0 Å². The fourth-order valence-corrected chi connectivity index (χ4v) is 2.83. The quantitative estimate of drug-likeness (QED) is 0.238. The highest BCUT2D eigenvalue weighted by Gasteiger charge is 2.37. The van der Waals surface area contributed by atoms with Crippen LogP contribution in [0.1, 0.15) is 5.56 Å². The summed E-state index contributed by atoms with van der Waals surface area (Å²) < 4.78 is 10.7. The van der Waals surface area contributed by atoms with Crippen LogP contribution < -0.4 is 19.7 Å². The predicted octanol–water partition coefficient (Wildman–Crippen LogP) is 2.83. The Labute approximate surface area is 176 Å². The summed E-state index contributed by atoms with van der Waals surface area (Å²) in [6.07, 6.45) is 2.80. The number of carbonyl (C=O) groups is 3. The number of anilines is 1. The maximum Gasteiger partial charge on any atom is 0.335 e. The molecule has 0 aliphatic carbocycles. The van der Waals surface area contributed by atoms with Crippen LogP contribution in [-0.4, -0.2) is 36.5 Å². The van der Waals surface area contributed by atoms with Gasteiger partial charge >= 0.3 is 6.03 Å². The largest absolute Gasteiger partial charge is 0.497 e. The number of imide groups is 2. The molecular weight excluding hydrogens is 406 g/mol. The van der Waals surface area contributed by atoms with Gasteiger partial charge in [-0.2, -0.15) is 0 Å². The molecule has 0 spiro atoms. The van der Waals surface area contributed by atoms with Gasteiger partial charge in [-0.3, -0.25) is 25.0 Å². The second-order valence-electron chi connectivity index (χ2n) is 6.24. The first kappa shape index (κ1) is 21.2. The molecule has 158 valence electrons. The Bertz CT molecular complexity index is 1120. The molecule has 0 unspecified atom stereocenters. The van der Waals surface area contributed by atoms with Crippen LogP contribution in [0, 0.1) is 10.1 Å². The van der Waals surface area contributed by atoms with Crippen molar-refractivity contribution in [1.82, 2.24) is 5.32 Å². The van der Waals surface area contributed by atoms with Crippen molar-refractivity contribution in [3.05, 3.63) is 76.4 Å². The summed E-state index contributed by atoms with van der Waals surface area (Å²) in [5.41, 5.74) is -0.321. The minimum absolute atomic E-state index is 0.0482. The molecule has 1 heterocycles. The maximum atomic E-state index is 13.0. The number of barbiturate groups is 1. The van der Waals surface area contributed by atoms with Gasteiger partial charge in [0.2, 0.25) is 0 Å². The van der Waals surface area contributed by atoms with Gasteiger partial charge in [-0.05, 0) is 24.3 Å². The zero-order valence-corrected chi connectivity index (χ0v) is 16.4. The van der Waals surface area contributed by atoms with E-state index in [-0.39, 0.29) is 23.6 Å². The van der Waals surface area contributed by atoms with E-state index < -0.39 is 22.8 Å². The van der Waals surface area contributed by atoms with Gasteiger partial charge in [0.15, 0.2) is 0 Å². The van der Waals surface area contributed by atoms with E-state index in [1.165, 1.54) is 37.5 Å². The van der Waals surface area contributed by atoms with E-state index in [9.17, 15) is 24.5 Å². The van der Waals surface area contributed by atoms with E-state index in [1.807, 2.05) is 0 Å². The molecule has 4 amide bonds. The molecule has 10 heteroatoms.